The highest BCUT2D eigenvalue weighted by Crippen LogP contribution is 2.12. The van der Waals surface area contributed by atoms with E-state index in [9.17, 15) is 9.59 Å². The second-order valence-corrected chi connectivity index (χ2v) is 7.55. The van der Waals surface area contributed by atoms with Gasteiger partial charge in [-0.25, -0.2) is 4.79 Å². The minimum Gasteiger partial charge on any atom is -0.350 e. The summed E-state index contributed by atoms with van der Waals surface area (Å²) in [5.74, 6) is 1.56. The van der Waals surface area contributed by atoms with Crippen LogP contribution < -0.4 is 16.0 Å². The van der Waals surface area contributed by atoms with Crippen molar-refractivity contribution in [3.8, 4) is 0 Å². The molecule has 0 aromatic heterocycles. The lowest BCUT2D eigenvalue weighted by Gasteiger charge is -2.20. The molecule has 0 fully saturated rings. The second-order valence-electron chi connectivity index (χ2n) is 6.45. The molecule has 0 atom stereocenters. The van der Waals surface area contributed by atoms with Crippen molar-refractivity contribution in [2.75, 3.05) is 18.8 Å². The molecule has 128 valence electrons. The minimum atomic E-state index is -0.315. The van der Waals surface area contributed by atoms with Gasteiger partial charge in [-0.3, -0.25) is 4.79 Å². The van der Waals surface area contributed by atoms with Gasteiger partial charge in [-0.2, -0.15) is 11.8 Å². The fourth-order valence-corrected chi connectivity index (χ4v) is 2.62. The zero-order valence-electron chi connectivity index (χ0n) is 14.4. The number of aryl methyl sites for hydroxylation is 1. The molecule has 23 heavy (non-hydrogen) atoms. The molecule has 0 radical (unpaired) electrons. The molecule has 3 amide bonds. The zero-order chi connectivity index (χ0) is 17.3. The fourth-order valence-electron chi connectivity index (χ4n) is 1.80. The maximum absolute atomic E-state index is 11.6. The fraction of sp³-hybridized carbons (Fsp3) is 0.529. The first-order chi connectivity index (χ1) is 10.8. The Bertz CT molecular complexity index is 510. The monoisotopic (exact) mass is 337 g/mol. The van der Waals surface area contributed by atoms with Gasteiger partial charge in [0.25, 0.3) is 0 Å². The molecule has 0 saturated carbocycles. The number of carbonyl (C=O) groups is 2. The Kier molecular flexibility index (Phi) is 7.95. The van der Waals surface area contributed by atoms with Gasteiger partial charge < -0.3 is 16.0 Å². The first kappa shape index (κ1) is 19.4. The lowest BCUT2D eigenvalue weighted by Crippen LogP contribution is -2.47. The van der Waals surface area contributed by atoms with Gasteiger partial charge in [-0.05, 0) is 33.3 Å². The topological polar surface area (TPSA) is 70.2 Å². The van der Waals surface area contributed by atoms with E-state index in [0.717, 1.165) is 11.5 Å². The summed E-state index contributed by atoms with van der Waals surface area (Å²) in [6.45, 7) is 8.33. The van der Waals surface area contributed by atoms with Gasteiger partial charge in [-0.1, -0.05) is 29.8 Å². The Hall–Kier alpha value is -1.69. The van der Waals surface area contributed by atoms with Crippen molar-refractivity contribution < 1.29 is 9.59 Å². The molecule has 0 heterocycles. The highest BCUT2D eigenvalue weighted by molar-refractivity contribution is 7.98. The lowest BCUT2D eigenvalue weighted by molar-refractivity contribution is -0.121. The smallest absolute Gasteiger partial charge is 0.315 e. The third kappa shape index (κ3) is 9.84. The van der Waals surface area contributed by atoms with Crippen LogP contribution >= 0.6 is 11.8 Å². The van der Waals surface area contributed by atoms with Gasteiger partial charge in [0.2, 0.25) is 5.91 Å². The van der Waals surface area contributed by atoms with Crippen LogP contribution in [0.2, 0.25) is 0 Å². The van der Waals surface area contributed by atoms with E-state index < -0.39 is 0 Å². The van der Waals surface area contributed by atoms with E-state index in [2.05, 4.69) is 47.1 Å². The first-order valence-electron chi connectivity index (χ1n) is 7.72. The van der Waals surface area contributed by atoms with Crippen molar-refractivity contribution in [1.29, 1.82) is 0 Å². The molecule has 0 bridgehead atoms. The highest BCUT2D eigenvalue weighted by Gasteiger charge is 2.13. The third-order valence-corrected chi connectivity index (χ3v) is 3.88. The van der Waals surface area contributed by atoms with Gasteiger partial charge in [0, 0.05) is 23.6 Å². The van der Waals surface area contributed by atoms with E-state index in [1.165, 1.54) is 11.1 Å². The van der Waals surface area contributed by atoms with Crippen molar-refractivity contribution in [3.63, 3.8) is 0 Å². The van der Waals surface area contributed by atoms with Crippen LogP contribution in [0.5, 0.6) is 0 Å². The highest BCUT2D eigenvalue weighted by atomic mass is 32.2. The van der Waals surface area contributed by atoms with Crippen molar-refractivity contribution in [3.05, 3.63) is 35.4 Å². The largest absolute Gasteiger partial charge is 0.350 e. The van der Waals surface area contributed by atoms with Crippen LogP contribution in [-0.4, -0.2) is 36.3 Å². The van der Waals surface area contributed by atoms with E-state index in [-0.39, 0.29) is 24.0 Å². The van der Waals surface area contributed by atoms with Crippen LogP contribution in [0.15, 0.2) is 24.3 Å². The number of rotatable bonds is 7. The van der Waals surface area contributed by atoms with Gasteiger partial charge in [-0.15, -0.1) is 0 Å². The molecule has 0 saturated heterocycles. The molecule has 0 aliphatic rings. The minimum absolute atomic E-state index is 0.0143. The summed E-state index contributed by atoms with van der Waals surface area (Å²) in [7, 11) is 0. The van der Waals surface area contributed by atoms with E-state index in [1.54, 1.807) is 11.8 Å². The predicted octanol–water partition coefficient (Wildman–Crippen LogP) is 2.44. The molecule has 1 aromatic carbocycles. The van der Waals surface area contributed by atoms with Gasteiger partial charge in [0.05, 0.1) is 6.54 Å². The lowest BCUT2D eigenvalue weighted by atomic mass is 10.1. The summed E-state index contributed by atoms with van der Waals surface area (Å²) in [5, 5.41) is 8.08. The molecule has 6 heteroatoms. The number of urea groups is 1. The van der Waals surface area contributed by atoms with Crippen LogP contribution in [-0.2, 0) is 10.5 Å². The molecule has 0 aliphatic carbocycles. The molecule has 0 spiro atoms. The molecular weight excluding hydrogens is 310 g/mol. The summed E-state index contributed by atoms with van der Waals surface area (Å²) in [5.41, 5.74) is 2.25. The Labute approximate surface area is 143 Å². The van der Waals surface area contributed by atoms with E-state index in [4.69, 9.17) is 0 Å². The molecular formula is C17H27N3O2S. The Morgan fingerprint density at radius 1 is 1.09 bits per heavy atom. The number of benzene rings is 1. The standard InChI is InChI=1S/C17H27N3O2S/c1-13-5-7-14(8-6-13)12-23-10-9-18-16(22)19-11-15(21)20-17(2,3)4/h5-8H,9-12H2,1-4H3,(H,20,21)(H2,18,19,22). The van der Waals surface area contributed by atoms with Crippen LogP contribution in [0.1, 0.15) is 31.9 Å². The summed E-state index contributed by atoms with van der Waals surface area (Å²) in [4.78, 5) is 23.1. The summed E-state index contributed by atoms with van der Waals surface area (Å²) < 4.78 is 0. The maximum atomic E-state index is 11.6. The Morgan fingerprint density at radius 2 is 1.74 bits per heavy atom. The summed E-state index contributed by atoms with van der Waals surface area (Å²) >= 11 is 1.76. The normalized spacial score (nSPS) is 11.0. The summed E-state index contributed by atoms with van der Waals surface area (Å²) in [6, 6.07) is 8.13. The number of hydrogen-bond acceptors (Lipinski definition) is 3. The average molecular weight is 337 g/mol. The van der Waals surface area contributed by atoms with Crippen LogP contribution in [0.4, 0.5) is 4.79 Å². The maximum Gasteiger partial charge on any atom is 0.315 e. The molecule has 5 nitrogen and oxygen atoms in total. The van der Waals surface area contributed by atoms with Crippen molar-refractivity contribution in [1.82, 2.24) is 16.0 Å². The Balaban J connectivity index is 2.08. The molecule has 0 aliphatic heterocycles. The van der Waals surface area contributed by atoms with Crippen LogP contribution in [0.3, 0.4) is 0 Å². The van der Waals surface area contributed by atoms with E-state index in [1.807, 2.05) is 20.8 Å². The van der Waals surface area contributed by atoms with Crippen molar-refractivity contribution >= 4 is 23.7 Å². The molecule has 1 aromatic rings. The molecule has 0 unspecified atom stereocenters. The number of thioether (sulfide) groups is 1. The van der Waals surface area contributed by atoms with Gasteiger partial charge in [0.1, 0.15) is 0 Å². The summed E-state index contributed by atoms with van der Waals surface area (Å²) in [6.07, 6.45) is 0. The van der Waals surface area contributed by atoms with Crippen molar-refractivity contribution in [2.45, 2.75) is 39.0 Å². The SMILES string of the molecule is Cc1ccc(CSCCNC(=O)NCC(=O)NC(C)(C)C)cc1. The third-order valence-electron chi connectivity index (χ3n) is 2.85. The molecule has 1 rings (SSSR count). The van der Waals surface area contributed by atoms with Crippen LogP contribution in [0.25, 0.3) is 0 Å². The second kappa shape index (κ2) is 9.45. The van der Waals surface area contributed by atoms with Gasteiger partial charge in [0.15, 0.2) is 0 Å². The van der Waals surface area contributed by atoms with Crippen molar-refractivity contribution in [2.24, 2.45) is 0 Å². The quantitative estimate of drug-likeness (QED) is 0.669. The molecule has 3 N–H and O–H groups in total. The van der Waals surface area contributed by atoms with Gasteiger partial charge >= 0.3 is 6.03 Å². The average Bonchev–Trinajstić information content (AvgIpc) is 2.45. The number of amides is 3. The first-order valence-corrected chi connectivity index (χ1v) is 8.88. The number of nitrogens with one attached hydrogen (secondary N) is 3. The zero-order valence-corrected chi connectivity index (χ0v) is 15.2. The number of carbonyl (C=O) groups excluding carboxylic acids is 2. The van der Waals surface area contributed by atoms with E-state index in [0.29, 0.717) is 6.54 Å². The Morgan fingerprint density at radius 3 is 2.35 bits per heavy atom. The predicted molar refractivity (Wildman–Crippen MR) is 96.6 cm³/mol. The number of hydrogen-bond donors (Lipinski definition) is 3. The van der Waals surface area contributed by atoms with Crippen LogP contribution in [0, 0.1) is 6.92 Å². The van der Waals surface area contributed by atoms with E-state index >= 15 is 0 Å².